The van der Waals surface area contributed by atoms with Gasteiger partial charge in [0, 0.05) is 24.8 Å². The summed E-state index contributed by atoms with van der Waals surface area (Å²) in [4.78, 5) is 2.27. The molecule has 1 fully saturated rings. The fourth-order valence-corrected chi connectivity index (χ4v) is 2.35. The van der Waals surface area contributed by atoms with E-state index in [1.54, 1.807) is 6.07 Å². The van der Waals surface area contributed by atoms with E-state index in [2.05, 4.69) is 17.1 Å². The van der Waals surface area contributed by atoms with Crippen molar-refractivity contribution in [2.75, 3.05) is 31.6 Å². The lowest BCUT2D eigenvalue weighted by molar-refractivity contribution is 0.0531. The standard InChI is InChI=1S/C14H21FN2O/c1-10-9-17(6-7-18-10)14-5-4-12(15)8-13(14)11(2)16-3/h4-5,8,10-11,16H,6-7,9H2,1-3H3. The lowest BCUT2D eigenvalue weighted by Crippen LogP contribution is -2.41. The van der Waals surface area contributed by atoms with Crippen molar-refractivity contribution in [3.05, 3.63) is 29.6 Å². The fraction of sp³-hybridized carbons (Fsp3) is 0.571. The Balaban J connectivity index is 2.30. The van der Waals surface area contributed by atoms with Crippen molar-refractivity contribution >= 4 is 5.69 Å². The van der Waals surface area contributed by atoms with Crippen LogP contribution in [0.25, 0.3) is 0 Å². The minimum Gasteiger partial charge on any atom is -0.375 e. The third-order valence-electron chi connectivity index (χ3n) is 3.47. The molecule has 1 aliphatic heterocycles. The van der Waals surface area contributed by atoms with E-state index in [0.29, 0.717) is 0 Å². The summed E-state index contributed by atoms with van der Waals surface area (Å²) in [5, 5.41) is 3.17. The molecule has 1 aliphatic rings. The van der Waals surface area contributed by atoms with E-state index in [0.717, 1.165) is 30.9 Å². The summed E-state index contributed by atoms with van der Waals surface area (Å²) in [5.41, 5.74) is 2.11. The molecule has 0 radical (unpaired) electrons. The molecule has 0 spiro atoms. The summed E-state index contributed by atoms with van der Waals surface area (Å²) in [6.07, 6.45) is 0.224. The van der Waals surface area contributed by atoms with Crippen molar-refractivity contribution in [3.63, 3.8) is 0 Å². The number of hydrogen-bond acceptors (Lipinski definition) is 3. The van der Waals surface area contributed by atoms with Crippen LogP contribution in [0.5, 0.6) is 0 Å². The van der Waals surface area contributed by atoms with E-state index >= 15 is 0 Å². The highest BCUT2D eigenvalue weighted by atomic mass is 19.1. The van der Waals surface area contributed by atoms with Crippen LogP contribution in [0.1, 0.15) is 25.5 Å². The number of ether oxygens (including phenoxy) is 1. The Morgan fingerprint density at radius 2 is 2.28 bits per heavy atom. The number of rotatable bonds is 3. The van der Waals surface area contributed by atoms with Crippen LogP contribution in [0.4, 0.5) is 10.1 Å². The fourth-order valence-electron chi connectivity index (χ4n) is 2.35. The first-order chi connectivity index (χ1) is 8.61. The van der Waals surface area contributed by atoms with Gasteiger partial charge in [0.15, 0.2) is 0 Å². The summed E-state index contributed by atoms with van der Waals surface area (Å²) < 4.78 is 19.0. The van der Waals surface area contributed by atoms with Crippen LogP contribution in [0.3, 0.4) is 0 Å². The predicted octanol–water partition coefficient (Wildman–Crippen LogP) is 2.33. The van der Waals surface area contributed by atoms with Crippen molar-refractivity contribution in [1.29, 1.82) is 0 Å². The van der Waals surface area contributed by atoms with Crippen LogP contribution in [-0.4, -0.2) is 32.8 Å². The van der Waals surface area contributed by atoms with E-state index < -0.39 is 0 Å². The normalized spacial score (nSPS) is 22.0. The van der Waals surface area contributed by atoms with Gasteiger partial charge in [0.2, 0.25) is 0 Å². The van der Waals surface area contributed by atoms with Crippen LogP contribution in [0.2, 0.25) is 0 Å². The van der Waals surface area contributed by atoms with Crippen LogP contribution < -0.4 is 10.2 Å². The molecule has 2 atom stereocenters. The van der Waals surface area contributed by atoms with E-state index in [1.807, 2.05) is 20.0 Å². The van der Waals surface area contributed by atoms with Gasteiger partial charge >= 0.3 is 0 Å². The Morgan fingerprint density at radius 3 is 2.94 bits per heavy atom. The molecule has 3 nitrogen and oxygen atoms in total. The summed E-state index contributed by atoms with van der Waals surface area (Å²) >= 11 is 0. The molecule has 1 N–H and O–H groups in total. The van der Waals surface area contributed by atoms with Gasteiger partial charge < -0.3 is 15.0 Å². The average molecular weight is 252 g/mol. The van der Waals surface area contributed by atoms with Crippen LogP contribution in [0, 0.1) is 5.82 Å². The number of halogens is 1. The number of nitrogens with zero attached hydrogens (tertiary/aromatic N) is 1. The molecule has 4 heteroatoms. The quantitative estimate of drug-likeness (QED) is 0.893. The van der Waals surface area contributed by atoms with Crippen LogP contribution >= 0.6 is 0 Å². The van der Waals surface area contributed by atoms with Crippen LogP contribution in [0.15, 0.2) is 18.2 Å². The highest BCUT2D eigenvalue weighted by Gasteiger charge is 2.21. The molecule has 0 amide bonds. The Kier molecular flexibility index (Phi) is 4.19. The van der Waals surface area contributed by atoms with Gasteiger partial charge in [-0.25, -0.2) is 4.39 Å². The average Bonchev–Trinajstić information content (AvgIpc) is 2.37. The molecule has 2 rings (SSSR count). The van der Waals surface area contributed by atoms with Gasteiger partial charge in [0.1, 0.15) is 5.82 Å². The topological polar surface area (TPSA) is 24.5 Å². The number of nitrogens with one attached hydrogen (secondary N) is 1. The lowest BCUT2D eigenvalue weighted by Gasteiger charge is -2.35. The number of hydrogen-bond donors (Lipinski definition) is 1. The minimum absolute atomic E-state index is 0.133. The smallest absolute Gasteiger partial charge is 0.123 e. The maximum absolute atomic E-state index is 13.4. The van der Waals surface area contributed by atoms with Gasteiger partial charge in [-0.1, -0.05) is 0 Å². The second-order valence-electron chi connectivity index (χ2n) is 4.84. The van der Waals surface area contributed by atoms with Crippen molar-refractivity contribution < 1.29 is 9.13 Å². The maximum Gasteiger partial charge on any atom is 0.123 e. The molecule has 2 unspecified atom stereocenters. The molecule has 18 heavy (non-hydrogen) atoms. The molecule has 0 aliphatic carbocycles. The molecule has 0 bridgehead atoms. The third kappa shape index (κ3) is 2.82. The highest BCUT2D eigenvalue weighted by molar-refractivity contribution is 5.55. The Morgan fingerprint density at radius 1 is 1.50 bits per heavy atom. The molecule has 1 saturated heterocycles. The van der Waals surface area contributed by atoms with Gasteiger partial charge in [0.25, 0.3) is 0 Å². The van der Waals surface area contributed by atoms with Gasteiger partial charge in [-0.05, 0) is 44.7 Å². The maximum atomic E-state index is 13.4. The minimum atomic E-state index is -0.183. The first-order valence-corrected chi connectivity index (χ1v) is 6.45. The second kappa shape index (κ2) is 5.67. The molecule has 1 aromatic rings. The molecule has 1 heterocycles. The zero-order valence-electron chi connectivity index (χ0n) is 11.2. The van der Waals surface area contributed by atoms with Gasteiger partial charge in [-0.3, -0.25) is 0 Å². The largest absolute Gasteiger partial charge is 0.375 e. The Bertz CT molecular complexity index is 411. The van der Waals surface area contributed by atoms with E-state index in [9.17, 15) is 4.39 Å². The van der Waals surface area contributed by atoms with Crippen LogP contribution in [-0.2, 0) is 4.74 Å². The zero-order chi connectivity index (χ0) is 13.1. The van der Waals surface area contributed by atoms with Crippen molar-refractivity contribution in [3.8, 4) is 0 Å². The molecule has 1 aromatic carbocycles. The van der Waals surface area contributed by atoms with Crippen molar-refractivity contribution in [2.45, 2.75) is 26.0 Å². The second-order valence-corrected chi connectivity index (χ2v) is 4.84. The van der Waals surface area contributed by atoms with Crippen molar-refractivity contribution in [1.82, 2.24) is 5.32 Å². The summed E-state index contributed by atoms with van der Waals surface area (Å²) in [7, 11) is 1.89. The molecular weight excluding hydrogens is 231 g/mol. The molecule has 100 valence electrons. The van der Waals surface area contributed by atoms with E-state index in [-0.39, 0.29) is 18.0 Å². The number of morpholine rings is 1. The molecule has 0 aromatic heterocycles. The highest BCUT2D eigenvalue weighted by Crippen LogP contribution is 2.28. The van der Waals surface area contributed by atoms with E-state index in [1.165, 1.54) is 6.07 Å². The first kappa shape index (κ1) is 13.3. The first-order valence-electron chi connectivity index (χ1n) is 6.45. The van der Waals surface area contributed by atoms with Gasteiger partial charge in [-0.2, -0.15) is 0 Å². The van der Waals surface area contributed by atoms with Gasteiger partial charge in [-0.15, -0.1) is 0 Å². The molecular formula is C14H21FN2O. The number of anilines is 1. The Hall–Kier alpha value is -1.13. The summed E-state index contributed by atoms with van der Waals surface area (Å²) in [6.45, 7) is 6.55. The monoisotopic (exact) mass is 252 g/mol. The van der Waals surface area contributed by atoms with E-state index in [4.69, 9.17) is 4.74 Å². The van der Waals surface area contributed by atoms with Crippen molar-refractivity contribution in [2.24, 2.45) is 0 Å². The zero-order valence-corrected chi connectivity index (χ0v) is 11.2. The Labute approximate surface area is 108 Å². The lowest BCUT2D eigenvalue weighted by atomic mass is 10.0. The van der Waals surface area contributed by atoms with Gasteiger partial charge in [0.05, 0.1) is 12.7 Å². The SMILES string of the molecule is CNC(C)c1cc(F)ccc1N1CCOC(C)C1. The third-order valence-corrected chi connectivity index (χ3v) is 3.47. The molecule has 0 saturated carbocycles. The number of benzene rings is 1. The summed E-state index contributed by atoms with van der Waals surface area (Å²) in [6, 6.07) is 5.16. The summed E-state index contributed by atoms with van der Waals surface area (Å²) in [5.74, 6) is -0.183. The predicted molar refractivity (Wildman–Crippen MR) is 71.5 cm³/mol.